The van der Waals surface area contributed by atoms with Crippen LogP contribution < -0.4 is 4.57 Å². The number of rotatable bonds is 2. The fourth-order valence-electron chi connectivity index (χ4n) is 3.23. The molecule has 3 aromatic heterocycles. The Bertz CT molecular complexity index is 1430. The zero-order valence-corrected chi connectivity index (χ0v) is 13.8. The summed E-state index contributed by atoms with van der Waals surface area (Å²) in [6.45, 7) is -6.79. The predicted molar refractivity (Wildman–Crippen MR) is 102 cm³/mol. The Morgan fingerprint density at radius 1 is 1.20 bits per heavy atom. The second kappa shape index (κ2) is 5.69. The summed E-state index contributed by atoms with van der Waals surface area (Å²) in [7, 11) is 1.73. The average molecular weight is 342 g/mol. The number of fused-ring (bicyclic) bond motifs is 3. The molecular weight excluding hydrogens is 308 g/mol. The Kier molecular flexibility index (Phi) is 1.85. The molecule has 0 aliphatic carbocycles. The molecule has 0 amide bonds. The summed E-state index contributed by atoms with van der Waals surface area (Å²) in [4.78, 5) is 4.07. The summed E-state index contributed by atoms with van der Waals surface area (Å²) in [6, 6.07) is 8.20. The van der Waals surface area contributed by atoms with Crippen LogP contribution in [-0.4, -0.2) is 4.98 Å². The number of hydrogen-bond acceptors (Lipinski definition) is 2. The van der Waals surface area contributed by atoms with E-state index in [4.69, 9.17) is 18.1 Å². The van der Waals surface area contributed by atoms with Crippen molar-refractivity contribution in [2.45, 2.75) is 33.4 Å². The SMILES string of the molecule is [2H]C([2H])([2H])c1ccc(-c2cc3oc4ccnc(C([2H])(C([2H])([2H])[2H])C([2H])([2H])[2H])c4c3cc2C)[n+](C)c1. The van der Waals surface area contributed by atoms with Crippen LogP contribution in [0.2, 0.25) is 0 Å². The van der Waals surface area contributed by atoms with Gasteiger partial charge in [-0.05, 0) is 49.5 Å². The Morgan fingerprint density at radius 3 is 2.84 bits per heavy atom. The largest absolute Gasteiger partial charge is 0.456 e. The van der Waals surface area contributed by atoms with Crippen LogP contribution in [-0.2, 0) is 7.05 Å². The van der Waals surface area contributed by atoms with E-state index >= 15 is 0 Å². The maximum atomic E-state index is 8.61. The molecule has 1 aromatic carbocycles. The van der Waals surface area contributed by atoms with Crippen LogP contribution in [0.25, 0.3) is 33.2 Å². The molecular formula is C22H23N2O+. The zero-order chi connectivity index (χ0) is 26.1. The number of aromatic nitrogens is 2. The van der Waals surface area contributed by atoms with Crippen molar-refractivity contribution in [1.82, 2.24) is 4.98 Å². The van der Waals surface area contributed by atoms with Crippen molar-refractivity contribution < 1.29 is 22.7 Å². The third-order valence-electron chi connectivity index (χ3n) is 4.37. The Hall–Kier alpha value is -2.68. The molecule has 4 aromatic rings. The first-order chi connectivity index (χ1) is 16.0. The van der Waals surface area contributed by atoms with Gasteiger partial charge in [-0.1, -0.05) is 13.7 Å². The highest BCUT2D eigenvalue weighted by atomic mass is 16.3. The van der Waals surface area contributed by atoms with E-state index in [1.807, 2.05) is 6.92 Å². The second-order valence-corrected chi connectivity index (χ2v) is 6.09. The van der Waals surface area contributed by atoms with Crippen molar-refractivity contribution in [2.24, 2.45) is 7.05 Å². The average Bonchev–Trinajstić information content (AvgIpc) is 3.08. The van der Waals surface area contributed by atoms with E-state index in [-0.39, 0.29) is 16.5 Å². The molecule has 0 bridgehead atoms. The van der Waals surface area contributed by atoms with E-state index in [9.17, 15) is 0 Å². The van der Waals surface area contributed by atoms with Gasteiger partial charge in [0.1, 0.15) is 18.2 Å². The lowest BCUT2D eigenvalue weighted by Gasteiger charge is -2.07. The van der Waals surface area contributed by atoms with Crippen LogP contribution in [0.4, 0.5) is 0 Å². The van der Waals surface area contributed by atoms with Crippen LogP contribution in [0.5, 0.6) is 0 Å². The molecule has 0 atom stereocenters. The number of hydrogen-bond donors (Lipinski definition) is 0. The van der Waals surface area contributed by atoms with E-state index in [0.717, 1.165) is 16.8 Å². The number of furan rings is 1. The van der Waals surface area contributed by atoms with Gasteiger partial charge in [0.25, 0.3) is 0 Å². The minimum absolute atomic E-state index is 0.168. The number of benzene rings is 1. The second-order valence-electron chi connectivity index (χ2n) is 6.09. The highest BCUT2D eigenvalue weighted by Gasteiger charge is 2.19. The van der Waals surface area contributed by atoms with Crippen molar-refractivity contribution in [1.29, 1.82) is 0 Å². The van der Waals surface area contributed by atoms with E-state index < -0.39 is 32.1 Å². The Balaban J connectivity index is 2.00. The molecule has 3 heterocycles. The van der Waals surface area contributed by atoms with Gasteiger partial charge < -0.3 is 4.42 Å². The van der Waals surface area contributed by atoms with E-state index in [2.05, 4.69) is 4.98 Å². The maximum Gasteiger partial charge on any atom is 0.212 e. The molecule has 0 unspecified atom stereocenters. The molecule has 4 rings (SSSR count). The van der Waals surface area contributed by atoms with Gasteiger partial charge in [0, 0.05) is 42.3 Å². The van der Waals surface area contributed by atoms with E-state index in [0.29, 0.717) is 11.0 Å². The minimum Gasteiger partial charge on any atom is -0.456 e. The Labute approximate surface area is 162 Å². The molecule has 0 N–H and O–H groups in total. The third-order valence-corrected chi connectivity index (χ3v) is 4.37. The molecule has 126 valence electrons. The molecule has 0 spiro atoms. The summed E-state index contributed by atoms with van der Waals surface area (Å²) in [5.41, 5.74) is 2.59. The molecule has 0 radical (unpaired) electrons. The number of nitrogens with zero attached hydrogens (tertiary/aromatic N) is 2. The highest BCUT2D eigenvalue weighted by molar-refractivity contribution is 6.07. The molecule has 25 heavy (non-hydrogen) atoms. The lowest BCUT2D eigenvalue weighted by Crippen LogP contribution is -2.31. The summed E-state index contributed by atoms with van der Waals surface area (Å²) in [5, 5.41) is 0.609. The van der Waals surface area contributed by atoms with Crippen molar-refractivity contribution in [3.8, 4) is 11.3 Å². The van der Waals surface area contributed by atoms with Crippen molar-refractivity contribution in [2.75, 3.05) is 0 Å². The van der Waals surface area contributed by atoms with Gasteiger partial charge in [-0.15, -0.1) is 0 Å². The van der Waals surface area contributed by atoms with Crippen molar-refractivity contribution >= 4 is 21.9 Å². The van der Waals surface area contributed by atoms with Crippen molar-refractivity contribution in [3.05, 3.63) is 59.5 Å². The Morgan fingerprint density at radius 2 is 2.08 bits per heavy atom. The fraction of sp³-hybridized carbons (Fsp3) is 0.273. The van der Waals surface area contributed by atoms with Crippen molar-refractivity contribution in [3.63, 3.8) is 0 Å². The minimum atomic E-state index is -3.18. The quantitative estimate of drug-likeness (QED) is 0.468. The van der Waals surface area contributed by atoms with Crippen LogP contribution in [0.1, 0.15) is 50.1 Å². The van der Waals surface area contributed by atoms with Crippen LogP contribution in [0, 0.1) is 13.8 Å². The van der Waals surface area contributed by atoms with E-state index in [1.54, 1.807) is 29.8 Å². The molecule has 0 aliphatic heterocycles. The topological polar surface area (TPSA) is 29.9 Å². The predicted octanol–water partition coefficient (Wildman–Crippen LogP) is 5.21. The highest BCUT2D eigenvalue weighted by Crippen LogP contribution is 2.36. The number of aryl methyl sites for hydroxylation is 3. The molecule has 3 nitrogen and oxygen atoms in total. The smallest absolute Gasteiger partial charge is 0.212 e. The van der Waals surface area contributed by atoms with Gasteiger partial charge >= 0.3 is 0 Å². The standard InChI is InChI=1S/C22H23N2O/c1-13(2)22-21-17-10-15(4)16(18-7-6-14(3)12-24(18)5)11-20(17)25-19(21)8-9-23-22/h6-13H,1-5H3/q+1/i1D3,2D3,3D3,13D. The zero-order valence-electron chi connectivity index (χ0n) is 23.8. The lowest BCUT2D eigenvalue weighted by molar-refractivity contribution is -0.660. The first-order valence-corrected chi connectivity index (χ1v) is 7.80. The first kappa shape index (κ1) is 8.13. The monoisotopic (exact) mass is 341 g/mol. The molecule has 0 fully saturated rings. The van der Waals surface area contributed by atoms with Gasteiger partial charge in [-0.25, -0.2) is 4.57 Å². The van der Waals surface area contributed by atoms with E-state index in [1.165, 1.54) is 24.5 Å². The van der Waals surface area contributed by atoms with Crippen LogP contribution in [0.3, 0.4) is 0 Å². The normalized spacial score (nSPS) is 19.6. The molecule has 0 saturated carbocycles. The summed E-state index contributed by atoms with van der Waals surface area (Å²) in [5.74, 6) is -2.97. The molecule has 0 aliphatic rings. The third kappa shape index (κ3) is 2.51. The molecule has 3 heteroatoms. The van der Waals surface area contributed by atoms with Crippen LogP contribution in [0.15, 0.2) is 47.1 Å². The van der Waals surface area contributed by atoms with Gasteiger partial charge in [-0.2, -0.15) is 0 Å². The van der Waals surface area contributed by atoms with Gasteiger partial charge in [0.05, 0.1) is 11.3 Å². The fourth-order valence-corrected chi connectivity index (χ4v) is 3.23. The first-order valence-electron chi connectivity index (χ1n) is 12.8. The maximum absolute atomic E-state index is 8.61. The van der Waals surface area contributed by atoms with Gasteiger partial charge in [0.15, 0.2) is 6.20 Å². The van der Waals surface area contributed by atoms with Crippen LogP contribution >= 0.6 is 0 Å². The molecule has 0 saturated heterocycles. The van der Waals surface area contributed by atoms with Gasteiger partial charge in [-0.3, -0.25) is 4.98 Å². The lowest BCUT2D eigenvalue weighted by atomic mass is 9.98. The summed E-state index contributed by atoms with van der Waals surface area (Å²) < 4.78 is 86.3. The summed E-state index contributed by atoms with van der Waals surface area (Å²) >= 11 is 0. The number of pyridine rings is 2. The van der Waals surface area contributed by atoms with Gasteiger partial charge in [0.2, 0.25) is 5.69 Å². The summed E-state index contributed by atoms with van der Waals surface area (Å²) in [6.07, 6.45) is 2.77.